The number of benzene rings is 1. The maximum Gasteiger partial charge on any atom is 0.309 e. The molecule has 1 unspecified atom stereocenters. The van der Waals surface area contributed by atoms with E-state index in [0.717, 1.165) is 5.56 Å². The van der Waals surface area contributed by atoms with Gasteiger partial charge in [0.05, 0.1) is 12.6 Å². The van der Waals surface area contributed by atoms with Crippen molar-refractivity contribution in [1.82, 2.24) is 10.6 Å². The van der Waals surface area contributed by atoms with Crippen LogP contribution in [0.3, 0.4) is 0 Å². The maximum atomic E-state index is 11.7. The molecule has 0 aromatic heterocycles. The summed E-state index contributed by atoms with van der Waals surface area (Å²) >= 11 is 0. The fourth-order valence-corrected chi connectivity index (χ4v) is 1.61. The lowest BCUT2D eigenvalue weighted by atomic mass is 10.1. The molecule has 20 heavy (non-hydrogen) atoms. The fourth-order valence-electron chi connectivity index (χ4n) is 1.61. The molecular weight excluding hydrogens is 260 g/mol. The first kappa shape index (κ1) is 16.1. The molecule has 0 heterocycles. The second-order valence-electron chi connectivity index (χ2n) is 4.22. The number of methoxy groups -OCH3 is 2. The topological polar surface area (TPSA) is 76.7 Å². The lowest BCUT2D eigenvalue weighted by Gasteiger charge is -2.16. The molecule has 6 nitrogen and oxygen atoms in total. The number of hydrogen-bond acceptors (Lipinski definition) is 4. The Labute approximate surface area is 118 Å². The molecule has 1 aromatic rings. The van der Waals surface area contributed by atoms with Gasteiger partial charge in [-0.15, -0.1) is 0 Å². The summed E-state index contributed by atoms with van der Waals surface area (Å²) in [7, 11) is 2.91. The van der Waals surface area contributed by atoms with Gasteiger partial charge < -0.3 is 20.1 Å². The summed E-state index contributed by atoms with van der Waals surface area (Å²) in [5.74, 6) is -1.40. The first-order valence-corrected chi connectivity index (χ1v) is 6.27. The molecule has 1 aromatic carbocycles. The highest BCUT2D eigenvalue weighted by Crippen LogP contribution is 2.10. The zero-order valence-electron chi connectivity index (χ0n) is 11.9. The SMILES string of the molecule is COC(CNC(=O)C(=O)NC(C)c1ccccc1)OC. The quantitative estimate of drug-likeness (QED) is 0.591. The van der Waals surface area contributed by atoms with Crippen LogP contribution in [0.2, 0.25) is 0 Å². The Bertz CT molecular complexity index is 432. The van der Waals surface area contributed by atoms with Crippen molar-refractivity contribution in [2.24, 2.45) is 0 Å². The standard InChI is InChI=1S/C14H20N2O4/c1-10(11-7-5-4-6-8-11)16-14(18)13(17)15-9-12(19-2)20-3/h4-8,10,12H,9H2,1-3H3,(H,15,17)(H,16,18). The average Bonchev–Trinajstić information content (AvgIpc) is 2.48. The number of carbonyl (C=O) groups is 2. The molecule has 1 rings (SSSR count). The van der Waals surface area contributed by atoms with Crippen molar-refractivity contribution < 1.29 is 19.1 Å². The van der Waals surface area contributed by atoms with Crippen LogP contribution in [0.1, 0.15) is 18.5 Å². The van der Waals surface area contributed by atoms with Crippen molar-refractivity contribution in [3.8, 4) is 0 Å². The van der Waals surface area contributed by atoms with Crippen LogP contribution in [0.15, 0.2) is 30.3 Å². The molecule has 0 saturated heterocycles. The van der Waals surface area contributed by atoms with Crippen molar-refractivity contribution in [2.75, 3.05) is 20.8 Å². The molecule has 2 N–H and O–H groups in total. The summed E-state index contributed by atoms with van der Waals surface area (Å²) in [4.78, 5) is 23.3. The fraction of sp³-hybridized carbons (Fsp3) is 0.429. The highest BCUT2D eigenvalue weighted by atomic mass is 16.7. The van der Waals surface area contributed by atoms with Crippen molar-refractivity contribution in [2.45, 2.75) is 19.3 Å². The normalized spacial score (nSPS) is 12.0. The lowest BCUT2D eigenvalue weighted by Crippen LogP contribution is -2.44. The minimum Gasteiger partial charge on any atom is -0.354 e. The zero-order valence-corrected chi connectivity index (χ0v) is 11.9. The number of carbonyl (C=O) groups excluding carboxylic acids is 2. The van der Waals surface area contributed by atoms with E-state index < -0.39 is 18.1 Å². The summed E-state index contributed by atoms with van der Waals surface area (Å²) in [5, 5.41) is 5.06. The van der Waals surface area contributed by atoms with Gasteiger partial charge >= 0.3 is 11.8 Å². The summed E-state index contributed by atoms with van der Waals surface area (Å²) in [5.41, 5.74) is 0.931. The Morgan fingerprint density at radius 1 is 1.10 bits per heavy atom. The van der Waals surface area contributed by atoms with Gasteiger partial charge in [-0.1, -0.05) is 30.3 Å². The summed E-state index contributed by atoms with van der Waals surface area (Å²) in [6.07, 6.45) is -0.571. The van der Waals surface area contributed by atoms with Gasteiger partial charge in [0.1, 0.15) is 0 Å². The van der Waals surface area contributed by atoms with Gasteiger partial charge in [0.2, 0.25) is 0 Å². The first-order chi connectivity index (χ1) is 9.58. The molecular formula is C14H20N2O4. The molecule has 110 valence electrons. The van der Waals surface area contributed by atoms with Crippen molar-refractivity contribution >= 4 is 11.8 Å². The van der Waals surface area contributed by atoms with E-state index in [9.17, 15) is 9.59 Å². The van der Waals surface area contributed by atoms with Gasteiger partial charge in [-0.25, -0.2) is 0 Å². The Morgan fingerprint density at radius 2 is 1.70 bits per heavy atom. The third-order valence-electron chi connectivity index (χ3n) is 2.81. The zero-order chi connectivity index (χ0) is 15.0. The predicted molar refractivity (Wildman–Crippen MR) is 73.8 cm³/mol. The molecule has 0 bridgehead atoms. The highest BCUT2D eigenvalue weighted by molar-refractivity contribution is 6.35. The molecule has 6 heteroatoms. The molecule has 2 amide bonds. The third kappa shape index (κ3) is 4.99. The molecule has 0 aliphatic rings. The van der Waals surface area contributed by atoms with Crippen LogP contribution in [-0.2, 0) is 19.1 Å². The van der Waals surface area contributed by atoms with Gasteiger partial charge in [-0.05, 0) is 12.5 Å². The second kappa shape index (κ2) is 8.29. The van der Waals surface area contributed by atoms with Crippen LogP contribution in [0.4, 0.5) is 0 Å². The Morgan fingerprint density at radius 3 is 2.25 bits per heavy atom. The minimum atomic E-state index is -0.716. The van der Waals surface area contributed by atoms with Gasteiger partial charge in [0.15, 0.2) is 6.29 Å². The van der Waals surface area contributed by atoms with Crippen molar-refractivity contribution in [3.05, 3.63) is 35.9 Å². The van der Waals surface area contributed by atoms with E-state index in [1.807, 2.05) is 37.3 Å². The van der Waals surface area contributed by atoms with Gasteiger partial charge in [-0.3, -0.25) is 9.59 Å². The number of nitrogens with one attached hydrogen (secondary N) is 2. The molecule has 0 fully saturated rings. The monoisotopic (exact) mass is 280 g/mol. The highest BCUT2D eigenvalue weighted by Gasteiger charge is 2.18. The maximum absolute atomic E-state index is 11.7. The summed E-state index contributed by atoms with van der Waals surface area (Å²) in [6, 6.07) is 9.17. The van der Waals surface area contributed by atoms with E-state index in [0.29, 0.717) is 0 Å². The molecule has 0 aliphatic heterocycles. The second-order valence-corrected chi connectivity index (χ2v) is 4.22. The molecule has 0 spiro atoms. The Balaban J connectivity index is 2.44. The summed E-state index contributed by atoms with van der Waals surface area (Å²) in [6.45, 7) is 1.92. The lowest BCUT2D eigenvalue weighted by molar-refractivity contribution is -0.142. The van der Waals surface area contributed by atoms with Crippen LogP contribution in [-0.4, -0.2) is 38.9 Å². The summed E-state index contributed by atoms with van der Waals surface area (Å²) < 4.78 is 9.82. The van der Waals surface area contributed by atoms with E-state index in [1.165, 1.54) is 14.2 Å². The number of hydrogen-bond donors (Lipinski definition) is 2. The predicted octanol–water partition coefficient (Wildman–Crippen LogP) is 0.599. The molecule has 0 radical (unpaired) electrons. The van der Waals surface area contributed by atoms with E-state index in [1.54, 1.807) is 0 Å². The third-order valence-corrected chi connectivity index (χ3v) is 2.81. The van der Waals surface area contributed by atoms with Gasteiger partial charge in [0, 0.05) is 14.2 Å². The van der Waals surface area contributed by atoms with Crippen LogP contribution in [0.5, 0.6) is 0 Å². The molecule has 0 aliphatic carbocycles. The van der Waals surface area contributed by atoms with Crippen LogP contribution < -0.4 is 10.6 Å². The number of ether oxygens (including phenoxy) is 2. The number of amides is 2. The molecule has 1 atom stereocenters. The van der Waals surface area contributed by atoms with Gasteiger partial charge in [-0.2, -0.15) is 0 Å². The van der Waals surface area contributed by atoms with E-state index in [2.05, 4.69) is 10.6 Å². The Kier molecular flexibility index (Phi) is 6.69. The van der Waals surface area contributed by atoms with E-state index in [4.69, 9.17) is 9.47 Å². The van der Waals surface area contributed by atoms with Gasteiger partial charge in [0.25, 0.3) is 0 Å². The van der Waals surface area contributed by atoms with Crippen LogP contribution >= 0.6 is 0 Å². The van der Waals surface area contributed by atoms with Crippen LogP contribution in [0.25, 0.3) is 0 Å². The number of rotatable bonds is 6. The Hall–Kier alpha value is -1.92. The largest absolute Gasteiger partial charge is 0.354 e. The van der Waals surface area contributed by atoms with Crippen LogP contribution in [0, 0.1) is 0 Å². The van der Waals surface area contributed by atoms with E-state index >= 15 is 0 Å². The van der Waals surface area contributed by atoms with Crippen molar-refractivity contribution in [1.29, 1.82) is 0 Å². The molecule has 0 saturated carbocycles. The minimum absolute atomic E-state index is 0.110. The average molecular weight is 280 g/mol. The first-order valence-electron chi connectivity index (χ1n) is 6.27. The van der Waals surface area contributed by atoms with Crippen molar-refractivity contribution in [3.63, 3.8) is 0 Å². The van der Waals surface area contributed by atoms with E-state index in [-0.39, 0.29) is 12.6 Å². The smallest absolute Gasteiger partial charge is 0.309 e.